The van der Waals surface area contributed by atoms with Crippen LogP contribution in [0.5, 0.6) is 0 Å². The molecule has 2 aromatic rings. The number of nitrogens with zero attached hydrogens (tertiary/aromatic N) is 2. The number of halogens is 1. The van der Waals surface area contributed by atoms with E-state index in [1.807, 2.05) is 38.4 Å². The van der Waals surface area contributed by atoms with Crippen LogP contribution < -0.4 is 4.90 Å². The summed E-state index contributed by atoms with van der Waals surface area (Å²) in [6, 6.07) is 7.84. The number of rotatable bonds is 1. The number of hydrogen-bond acceptors (Lipinski definition) is 2. The van der Waals surface area contributed by atoms with E-state index >= 15 is 0 Å². The van der Waals surface area contributed by atoms with Gasteiger partial charge < -0.3 is 4.90 Å². The molecule has 0 saturated heterocycles. The summed E-state index contributed by atoms with van der Waals surface area (Å²) in [5.74, 6) is 0. The highest BCUT2D eigenvalue weighted by Crippen LogP contribution is 2.29. The van der Waals surface area contributed by atoms with Gasteiger partial charge in [0.25, 0.3) is 0 Å². The van der Waals surface area contributed by atoms with Gasteiger partial charge in [0.1, 0.15) is 0 Å². The molecule has 3 heteroatoms. The molecule has 2 nitrogen and oxygen atoms in total. The van der Waals surface area contributed by atoms with Crippen LogP contribution in [0.25, 0.3) is 10.9 Å². The Hall–Kier alpha value is -1.28. The van der Waals surface area contributed by atoms with E-state index in [2.05, 4.69) is 9.88 Å². The van der Waals surface area contributed by atoms with Gasteiger partial charge in [0.05, 0.1) is 10.5 Å². The minimum atomic E-state index is 0.700. The molecule has 0 N–H and O–H groups in total. The maximum atomic E-state index is 6.05. The average molecular weight is 207 g/mol. The van der Waals surface area contributed by atoms with E-state index in [1.54, 1.807) is 6.20 Å². The standard InChI is InChI=1S/C11H11ClN2/c1-14(2)10-6-5-9(12)11-8(10)4-3-7-13-11/h3-7H,1-2H3. The molecule has 1 aromatic heterocycles. The molecule has 1 heterocycles. The van der Waals surface area contributed by atoms with E-state index in [1.165, 1.54) is 0 Å². The van der Waals surface area contributed by atoms with Crippen molar-refractivity contribution in [2.45, 2.75) is 0 Å². The highest BCUT2D eigenvalue weighted by molar-refractivity contribution is 6.35. The van der Waals surface area contributed by atoms with Crippen molar-refractivity contribution in [3.05, 3.63) is 35.5 Å². The first-order valence-corrected chi connectivity index (χ1v) is 4.78. The third kappa shape index (κ3) is 1.42. The molecule has 0 amide bonds. The second-order valence-corrected chi connectivity index (χ2v) is 3.77. The largest absolute Gasteiger partial charge is 0.377 e. The van der Waals surface area contributed by atoms with E-state index < -0.39 is 0 Å². The normalized spacial score (nSPS) is 10.5. The van der Waals surface area contributed by atoms with Crippen molar-refractivity contribution >= 4 is 28.2 Å². The molecule has 0 spiro atoms. The molecule has 0 aliphatic rings. The third-order valence-electron chi connectivity index (χ3n) is 2.18. The number of anilines is 1. The lowest BCUT2D eigenvalue weighted by Crippen LogP contribution is -2.09. The fourth-order valence-corrected chi connectivity index (χ4v) is 1.73. The van der Waals surface area contributed by atoms with E-state index in [9.17, 15) is 0 Å². The van der Waals surface area contributed by atoms with Crippen LogP contribution in [0.1, 0.15) is 0 Å². The van der Waals surface area contributed by atoms with Gasteiger partial charge in [-0.15, -0.1) is 0 Å². The summed E-state index contributed by atoms with van der Waals surface area (Å²) < 4.78 is 0. The van der Waals surface area contributed by atoms with Gasteiger partial charge in [0.2, 0.25) is 0 Å². The fraction of sp³-hybridized carbons (Fsp3) is 0.182. The molecule has 1 aromatic carbocycles. The van der Waals surface area contributed by atoms with Crippen LogP contribution in [0.15, 0.2) is 30.5 Å². The van der Waals surface area contributed by atoms with Crippen molar-refractivity contribution in [1.82, 2.24) is 4.98 Å². The second kappa shape index (κ2) is 3.46. The quantitative estimate of drug-likeness (QED) is 0.713. The summed E-state index contributed by atoms with van der Waals surface area (Å²) in [5.41, 5.74) is 2.00. The lowest BCUT2D eigenvalue weighted by atomic mass is 10.1. The van der Waals surface area contributed by atoms with Crippen LogP contribution >= 0.6 is 11.6 Å². The van der Waals surface area contributed by atoms with Crippen LogP contribution in [0.2, 0.25) is 5.02 Å². The highest BCUT2D eigenvalue weighted by atomic mass is 35.5. The van der Waals surface area contributed by atoms with Crippen LogP contribution in [-0.2, 0) is 0 Å². The molecule has 0 atom stereocenters. The summed E-state index contributed by atoms with van der Waals surface area (Å²) in [7, 11) is 4.02. The first-order chi connectivity index (χ1) is 6.70. The van der Waals surface area contributed by atoms with E-state index in [-0.39, 0.29) is 0 Å². The first-order valence-electron chi connectivity index (χ1n) is 4.40. The lowest BCUT2D eigenvalue weighted by Gasteiger charge is -2.15. The Bertz CT molecular complexity index is 466. The van der Waals surface area contributed by atoms with Gasteiger partial charge in [0.15, 0.2) is 0 Å². The lowest BCUT2D eigenvalue weighted by molar-refractivity contribution is 1.14. The molecular formula is C11H11ClN2. The second-order valence-electron chi connectivity index (χ2n) is 3.36. The molecule has 72 valence electrons. The number of hydrogen-bond donors (Lipinski definition) is 0. The summed E-state index contributed by atoms with van der Waals surface area (Å²) >= 11 is 6.05. The molecule has 0 aliphatic carbocycles. The van der Waals surface area contributed by atoms with Crippen molar-refractivity contribution in [3.8, 4) is 0 Å². The monoisotopic (exact) mass is 206 g/mol. The Morgan fingerprint density at radius 3 is 2.71 bits per heavy atom. The molecule has 0 aliphatic heterocycles. The minimum Gasteiger partial charge on any atom is -0.377 e. The number of pyridine rings is 1. The predicted molar refractivity (Wildman–Crippen MR) is 61.1 cm³/mol. The van der Waals surface area contributed by atoms with Crippen LogP contribution in [0.4, 0.5) is 5.69 Å². The number of fused-ring (bicyclic) bond motifs is 1. The fourth-order valence-electron chi connectivity index (χ4n) is 1.51. The number of aromatic nitrogens is 1. The highest BCUT2D eigenvalue weighted by Gasteiger charge is 2.05. The van der Waals surface area contributed by atoms with E-state index in [0.29, 0.717) is 5.02 Å². The summed E-state index contributed by atoms with van der Waals surface area (Å²) in [5, 5.41) is 1.79. The van der Waals surface area contributed by atoms with Crippen LogP contribution in [-0.4, -0.2) is 19.1 Å². The zero-order chi connectivity index (χ0) is 10.1. The van der Waals surface area contributed by atoms with Crippen molar-refractivity contribution in [1.29, 1.82) is 0 Å². The Balaban J connectivity index is 2.82. The zero-order valence-corrected chi connectivity index (χ0v) is 8.92. The topological polar surface area (TPSA) is 16.1 Å². The minimum absolute atomic E-state index is 0.700. The Labute approximate surface area is 88.1 Å². The summed E-state index contributed by atoms with van der Waals surface area (Å²) in [4.78, 5) is 6.32. The average Bonchev–Trinajstić information content (AvgIpc) is 2.18. The van der Waals surface area contributed by atoms with E-state index in [0.717, 1.165) is 16.6 Å². The van der Waals surface area contributed by atoms with Gasteiger partial charge in [-0.05, 0) is 24.3 Å². The predicted octanol–water partition coefficient (Wildman–Crippen LogP) is 2.95. The molecule has 2 rings (SSSR count). The van der Waals surface area contributed by atoms with Crippen molar-refractivity contribution in [2.24, 2.45) is 0 Å². The number of benzene rings is 1. The van der Waals surface area contributed by atoms with Gasteiger partial charge in [-0.25, -0.2) is 0 Å². The molecule has 0 saturated carbocycles. The Morgan fingerprint density at radius 2 is 2.00 bits per heavy atom. The summed E-state index contributed by atoms with van der Waals surface area (Å²) in [6.07, 6.45) is 1.76. The summed E-state index contributed by atoms with van der Waals surface area (Å²) in [6.45, 7) is 0. The molecule has 0 radical (unpaired) electrons. The molecule has 0 fully saturated rings. The van der Waals surface area contributed by atoms with Gasteiger partial charge in [-0.1, -0.05) is 11.6 Å². The van der Waals surface area contributed by atoms with E-state index in [4.69, 9.17) is 11.6 Å². The Morgan fingerprint density at radius 1 is 1.21 bits per heavy atom. The molecular weight excluding hydrogens is 196 g/mol. The van der Waals surface area contributed by atoms with Crippen LogP contribution in [0.3, 0.4) is 0 Å². The maximum absolute atomic E-state index is 6.05. The van der Waals surface area contributed by atoms with Crippen molar-refractivity contribution in [3.63, 3.8) is 0 Å². The molecule has 0 unspecified atom stereocenters. The maximum Gasteiger partial charge on any atom is 0.0908 e. The smallest absolute Gasteiger partial charge is 0.0908 e. The first kappa shape index (κ1) is 9.28. The third-order valence-corrected chi connectivity index (χ3v) is 2.48. The SMILES string of the molecule is CN(C)c1ccc(Cl)c2ncccc12. The zero-order valence-electron chi connectivity index (χ0n) is 8.16. The van der Waals surface area contributed by atoms with Gasteiger partial charge in [-0.2, -0.15) is 0 Å². The molecule has 14 heavy (non-hydrogen) atoms. The van der Waals surface area contributed by atoms with Gasteiger partial charge >= 0.3 is 0 Å². The van der Waals surface area contributed by atoms with Crippen LogP contribution in [0, 0.1) is 0 Å². The van der Waals surface area contributed by atoms with Crippen molar-refractivity contribution < 1.29 is 0 Å². The van der Waals surface area contributed by atoms with Crippen molar-refractivity contribution in [2.75, 3.05) is 19.0 Å². The van der Waals surface area contributed by atoms with Gasteiger partial charge in [-0.3, -0.25) is 4.98 Å². The molecule has 0 bridgehead atoms. The Kier molecular flexibility index (Phi) is 2.30. The van der Waals surface area contributed by atoms with Gasteiger partial charge in [0, 0.05) is 31.4 Å².